The van der Waals surface area contributed by atoms with E-state index in [4.69, 9.17) is 9.47 Å². The number of ketones is 1. The maximum absolute atomic E-state index is 13.7. The van der Waals surface area contributed by atoms with Gasteiger partial charge in [-0.1, -0.05) is 20.8 Å². The molecule has 192 valence electrons. The van der Waals surface area contributed by atoms with Gasteiger partial charge in [0, 0.05) is 30.6 Å². The molecule has 0 aromatic carbocycles. The van der Waals surface area contributed by atoms with Crippen molar-refractivity contribution in [3.05, 3.63) is 0 Å². The normalized spacial score (nSPS) is 46.6. The van der Waals surface area contributed by atoms with Crippen molar-refractivity contribution < 1.29 is 34.1 Å². The molecule has 0 aromatic heterocycles. The smallest absolute Gasteiger partial charge is 0.305 e. The van der Waals surface area contributed by atoms with Gasteiger partial charge in [0.15, 0.2) is 5.78 Å². The SMILES string of the molecule is COC(=O)CCC(C)C1CCC2C3C(=O)C(O)C4CC(O)CCC4(C)C3CC(OC(C)=O)C12C. The summed E-state index contributed by atoms with van der Waals surface area (Å²) in [4.78, 5) is 37.7. The number of carbonyl (C=O) groups is 3. The van der Waals surface area contributed by atoms with Crippen LogP contribution in [0.5, 0.6) is 0 Å². The monoisotopic (exact) mass is 478 g/mol. The number of carbonyl (C=O) groups excluding carboxylic acids is 3. The lowest BCUT2D eigenvalue weighted by molar-refractivity contribution is -0.209. The van der Waals surface area contributed by atoms with E-state index in [0.29, 0.717) is 32.1 Å². The zero-order valence-electron chi connectivity index (χ0n) is 21.3. The van der Waals surface area contributed by atoms with Gasteiger partial charge in [0.25, 0.3) is 0 Å². The third-order valence-electron chi connectivity index (χ3n) is 10.7. The second-order valence-electron chi connectivity index (χ2n) is 12.1. The maximum Gasteiger partial charge on any atom is 0.305 e. The summed E-state index contributed by atoms with van der Waals surface area (Å²) < 4.78 is 10.9. The van der Waals surface area contributed by atoms with Gasteiger partial charge in [-0.2, -0.15) is 0 Å². The highest BCUT2D eigenvalue weighted by molar-refractivity contribution is 5.87. The van der Waals surface area contributed by atoms with Crippen molar-refractivity contribution in [1.29, 1.82) is 0 Å². The Labute approximate surface area is 203 Å². The van der Waals surface area contributed by atoms with Crippen LogP contribution in [0.3, 0.4) is 0 Å². The standard InChI is InChI=1S/C27H42O7/c1-14(6-9-22(30)33-5)17-7-8-18-23-19(13-21(27(17,18)4)34-15(2)28)26(3)11-10-16(29)12-20(26)24(31)25(23)32/h14,16-21,23-24,29,31H,6-13H2,1-5H3. The highest BCUT2D eigenvalue weighted by Gasteiger charge is 2.68. The first-order valence-corrected chi connectivity index (χ1v) is 13.1. The maximum atomic E-state index is 13.7. The van der Waals surface area contributed by atoms with Crippen molar-refractivity contribution in [1.82, 2.24) is 0 Å². The quantitative estimate of drug-likeness (QED) is 0.584. The minimum Gasteiger partial charge on any atom is -0.469 e. The van der Waals surface area contributed by atoms with E-state index in [2.05, 4.69) is 20.8 Å². The number of hydrogen-bond acceptors (Lipinski definition) is 7. The highest BCUT2D eigenvalue weighted by Crippen LogP contribution is 2.68. The Bertz CT molecular complexity index is 826. The molecule has 0 aliphatic heterocycles. The first kappa shape index (κ1) is 25.6. The summed E-state index contributed by atoms with van der Waals surface area (Å²) in [7, 11) is 1.40. The number of methoxy groups -OCH3 is 1. The summed E-state index contributed by atoms with van der Waals surface area (Å²) in [5.41, 5.74) is -0.666. The summed E-state index contributed by atoms with van der Waals surface area (Å²) in [6.07, 6.45) is 3.44. The first-order chi connectivity index (χ1) is 15.9. The molecule has 0 saturated heterocycles. The van der Waals surface area contributed by atoms with E-state index in [1.54, 1.807) is 0 Å². The minimum absolute atomic E-state index is 0.0208. The zero-order valence-corrected chi connectivity index (χ0v) is 21.3. The summed E-state index contributed by atoms with van der Waals surface area (Å²) in [5, 5.41) is 21.5. The molecule has 34 heavy (non-hydrogen) atoms. The highest BCUT2D eigenvalue weighted by atomic mass is 16.5. The van der Waals surface area contributed by atoms with E-state index in [1.165, 1.54) is 14.0 Å². The Balaban J connectivity index is 1.70. The molecule has 0 aromatic rings. The zero-order chi connectivity index (χ0) is 25.0. The van der Waals surface area contributed by atoms with Crippen LogP contribution in [0.25, 0.3) is 0 Å². The molecule has 11 atom stereocenters. The third kappa shape index (κ3) is 3.91. The minimum atomic E-state index is -1.05. The molecular weight excluding hydrogens is 436 g/mol. The van der Waals surface area contributed by atoms with E-state index < -0.39 is 17.6 Å². The van der Waals surface area contributed by atoms with Crippen LogP contribution in [-0.4, -0.2) is 53.4 Å². The van der Waals surface area contributed by atoms with Gasteiger partial charge in [0.05, 0.1) is 13.2 Å². The van der Waals surface area contributed by atoms with Gasteiger partial charge in [-0.05, 0) is 74.0 Å². The fraction of sp³-hybridized carbons (Fsp3) is 0.889. The van der Waals surface area contributed by atoms with Gasteiger partial charge >= 0.3 is 11.9 Å². The first-order valence-electron chi connectivity index (χ1n) is 13.1. The predicted molar refractivity (Wildman–Crippen MR) is 124 cm³/mol. The number of rotatable bonds is 5. The van der Waals surface area contributed by atoms with Crippen LogP contribution in [-0.2, 0) is 23.9 Å². The van der Waals surface area contributed by atoms with Gasteiger partial charge in [-0.15, -0.1) is 0 Å². The van der Waals surface area contributed by atoms with E-state index >= 15 is 0 Å². The van der Waals surface area contributed by atoms with Gasteiger partial charge in [-0.3, -0.25) is 14.4 Å². The third-order valence-corrected chi connectivity index (χ3v) is 10.7. The second-order valence-corrected chi connectivity index (χ2v) is 12.1. The Kier molecular flexibility index (Phi) is 6.93. The van der Waals surface area contributed by atoms with Crippen LogP contribution < -0.4 is 0 Å². The fourth-order valence-electron chi connectivity index (χ4n) is 8.90. The molecule has 7 nitrogen and oxygen atoms in total. The molecular formula is C27H42O7. The number of hydrogen-bond donors (Lipinski definition) is 2. The summed E-state index contributed by atoms with van der Waals surface area (Å²) in [6, 6.07) is 0. The molecule has 7 heteroatoms. The lowest BCUT2D eigenvalue weighted by Crippen LogP contribution is -2.65. The number of ether oxygens (including phenoxy) is 2. The van der Waals surface area contributed by atoms with Crippen molar-refractivity contribution in [2.24, 2.45) is 46.3 Å². The lowest BCUT2D eigenvalue weighted by atomic mass is 9.42. The van der Waals surface area contributed by atoms with E-state index in [1.807, 2.05) is 0 Å². The number of fused-ring (bicyclic) bond motifs is 5. The van der Waals surface area contributed by atoms with Crippen LogP contribution in [0.2, 0.25) is 0 Å². The molecule has 0 heterocycles. The molecule has 4 fully saturated rings. The molecule has 0 spiro atoms. The van der Waals surface area contributed by atoms with Crippen molar-refractivity contribution in [3.63, 3.8) is 0 Å². The Morgan fingerprint density at radius 2 is 1.79 bits per heavy atom. The van der Waals surface area contributed by atoms with E-state index in [9.17, 15) is 24.6 Å². The molecule has 4 aliphatic carbocycles. The predicted octanol–water partition coefficient (Wildman–Crippen LogP) is 3.29. The Hall–Kier alpha value is -1.47. The average molecular weight is 479 g/mol. The van der Waals surface area contributed by atoms with E-state index in [0.717, 1.165) is 19.3 Å². The molecule has 4 saturated carbocycles. The molecule has 4 rings (SSSR count). The second kappa shape index (κ2) is 9.20. The average Bonchev–Trinajstić information content (AvgIpc) is 3.15. The van der Waals surface area contributed by atoms with Gasteiger partial charge in [0.1, 0.15) is 12.2 Å². The largest absolute Gasteiger partial charge is 0.469 e. The number of aliphatic hydroxyl groups is 2. The van der Waals surface area contributed by atoms with Crippen LogP contribution in [0.15, 0.2) is 0 Å². The number of Topliss-reactive ketones (excluding diaryl/α,β-unsaturated/α-hetero) is 1. The Morgan fingerprint density at radius 3 is 2.44 bits per heavy atom. The molecule has 2 N–H and O–H groups in total. The number of esters is 2. The van der Waals surface area contributed by atoms with Crippen molar-refractivity contribution in [2.75, 3.05) is 7.11 Å². The van der Waals surface area contributed by atoms with Gasteiger partial charge in [0.2, 0.25) is 0 Å². The summed E-state index contributed by atoms with van der Waals surface area (Å²) >= 11 is 0. The summed E-state index contributed by atoms with van der Waals surface area (Å²) in [6.45, 7) is 7.95. The van der Waals surface area contributed by atoms with Crippen molar-refractivity contribution in [2.45, 2.75) is 97.4 Å². The molecule has 0 radical (unpaired) electrons. The molecule has 4 aliphatic rings. The molecule has 0 bridgehead atoms. The number of aliphatic hydroxyl groups excluding tert-OH is 2. The van der Waals surface area contributed by atoms with E-state index in [-0.39, 0.29) is 64.7 Å². The fourth-order valence-corrected chi connectivity index (χ4v) is 8.90. The topological polar surface area (TPSA) is 110 Å². The van der Waals surface area contributed by atoms with Crippen LogP contribution in [0.1, 0.15) is 79.1 Å². The molecule has 0 amide bonds. The van der Waals surface area contributed by atoms with Crippen molar-refractivity contribution in [3.8, 4) is 0 Å². The van der Waals surface area contributed by atoms with Crippen LogP contribution in [0, 0.1) is 46.3 Å². The van der Waals surface area contributed by atoms with Gasteiger partial charge < -0.3 is 19.7 Å². The van der Waals surface area contributed by atoms with Gasteiger partial charge in [-0.25, -0.2) is 0 Å². The lowest BCUT2D eigenvalue weighted by Gasteiger charge is -2.62. The molecule has 11 unspecified atom stereocenters. The Morgan fingerprint density at radius 1 is 1.09 bits per heavy atom. The van der Waals surface area contributed by atoms with Crippen LogP contribution in [0.4, 0.5) is 0 Å². The van der Waals surface area contributed by atoms with Crippen LogP contribution >= 0.6 is 0 Å². The summed E-state index contributed by atoms with van der Waals surface area (Å²) in [5.74, 6) is -0.682. The van der Waals surface area contributed by atoms with Crippen molar-refractivity contribution >= 4 is 17.7 Å².